The first-order valence-corrected chi connectivity index (χ1v) is 10.7. The Morgan fingerprint density at radius 3 is 1.26 bits per heavy atom. The maximum Gasteiger partial charge on any atom is 0.119 e. The van der Waals surface area contributed by atoms with Crippen LogP contribution < -0.4 is 0 Å². The Morgan fingerprint density at radius 2 is 0.839 bits per heavy atom. The van der Waals surface area contributed by atoms with Gasteiger partial charge >= 0.3 is 0 Å². The Labute approximate surface area is 184 Å². The molecule has 4 rings (SSSR count). The van der Waals surface area contributed by atoms with Gasteiger partial charge in [0.15, 0.2) is 0 Å². The smallest absolute Gasteiger partial charge is 0.119 e. The monoisotopic (exact) mass is 408 g/mol. The van der Waals surface area contributed by atoms with Crippen molar-refractivity contribution in [3.05, 3.63) is 129 Å². The Bertz CT molecular complexity index is 1110. The highest BCUT2D eigenvalue weighted by Crippen LogP contribution is 2.32. The molecule has 0 aliphatic rings. The van der Waals surface area contributed by atoms with Crippen molar-refractivity contribution in [3.8, 4) is 11.5 Å². The molecule has 0 radical (unpaired) electrons. The number of hydrogen-bond acceptors (Lipinski definition) is 2. The van der Waals surface area contributed by atoms with E-state index < -0.39 is 0 Å². The predicted molar refractivity (Wildman–Crippen MR) is 127 cm³/mol. The van der Waals surface area contributed by atoms with Crippen LogP contribution in [0.5, 0.6) is 11.5 Å². The highest BCUT2D eigenvalue weighted by atomic mass is 16.3. The molecular weight excluding hydrogens is 380 g/mol. The molecule has 0 saturated heterocycles. The SMILES string of the molecule is Cc1ccccc1Cc1cccc(O)c1Cc1c(O)cccc1Cc1ccccc1C. The highest BCUT2D eigenvalue weighted by Gasteiger charge is 2.16. The zero-order valence-electron chi connectivity index (χ0n) is 18.1. The average Bonchev–Trinajstić information content (AvgIpc) is 2.75. The molecule has 0 unspecified atom stereocenters. The molecule has 156 valence electrons. The summed E-state index contributed by atoms with van der Waals surface area (Å²) < 4.78 is 0. The quantitative estimate of drug-likeness (QED) is 0.383. The lowest BCUT2D eigenvalue weighted by Gasteiger charge is -2.17. The van der Waals surface area contributed by atoms with Gasteiger partial charge in [0, 0.05) is 17.5 Å². The van der Waals surface area contributed by atoms with Crippen molar-refractivity contribution in [3.63, 3.8) is 0 Å². The first-order valence-electron chi connectivity index (χ1n) is 10.7. The standard InChI is InChI=1S/C29H28O2/c1-20-9-3-5-11-22(20)17-24-13-7-15-28(30)26(24)19-27-25(14-8-16-29(27)31)18-23-12-6-4-10-21(23)2/h3-16,30-31H,17-19H2,1-2H3. The fraction of sp³-hybridized carbons (Fsp3) is 0.172. The molecule has 0 aliphatic carbocycles. The topological polar surface area (TPSA) is 40.5 Å². The third-order valence-corrected chi connectivity index (χ3v) is 6.13. The van der Waals surface area contributed by atoms with Gasteiger partial charge in [-0.05, 0) is 72.2 Å². The molecule has 0 saturated carbocycles. The minimum absolute atomic E-state index is 0.274. The molecular formula is C29H28O2. The molecule has 0 aromatic heterocycles. The molecule has 2 N–H and O–H groups in total. The number of hydrogen-bond donors (Lipinski definition) is 2. The van der Waals surface area contributed by atoms with Crippen LogP contribution >= 0.6 is 0 Å². The van der Waals surface area contributed by atoms with Crippen LogP contribution in [0.3, 0.4) is 0 Å². The molecule has 4 aromatic carbocycles. The number of phenols is 2. The van der Waals surface area contributed by atoms with Crippen molar-refractivity contribution in [2.24, 2.45) is 0 Å². The van der Waals surface area contributed by atoms with Crippen molar-refractivity contribution < 1.29 is 10.2 Å². The number of rotatable bonds is 6. The summed E-state index contributed by atoms with van der Waals surface area (Å²) in [6.07, 6.45) is 1.98. The van der Waals surface area contributed by atoms with Crippen LogP contribution in [0.4, 0.5) is 0 Å². The van der Waals surface area contributed by atoms with Crippen LogP contribution in [0.15, 0.2) is 84.9 Å². The number of aryl methyl sites for hydroxylation is 2. The van der Waals surface area contributed by atoms with E-state index in [1.54, 1.807) is 12.1 Å². The van der Waals surface area contributed by atoms with Gasteiger partial charge in [-0.2, -0.15) is 0 Å². The Hall–Kier alpha value is -3.52. The van der Waals surface area contributed by atoms with Gasteiger partial charge in [0.2, 0.25) is 0 Å². The fourth-order valence-electron chi connectivity index (χ4n) is 4.19. The first-order chi connectivity index (χ1) is 15.0. The van der Waals surface area contributed by atoms with Gasteiger partial charge in [-0.25, -0.2) is 0 Å². The number of benzene rings is 4. The van der Waals surface area contributed by atoms with Gasteiger partial charge in [-0.1, -0.05) is 72.8 Å². The lowest BCUT2D eigenvalue weighted by molar-refractivity contribution is 0.461. The molecule has 0 bridgehead atoms. The van der Waals surface area contributed by atoms with Crippen LogP contribution in [0.1, 0.15) is 44.5 Å². The largest absolute Gasteiger partial charge is 0.508 e. The third kappa shape index (κ3) is 4.64. The zero-order valence-corrected chi connectivity index (χ0v) is 18.1. The van der Waals surface area contributed by atoms with Crippen LogP contribution in [0.2, 0.25) is 0 Å². The van der Waals surface area contributed by atoms with Gasteiger partial charge in [0.25, 0.3) is 0 Å². The summed E-state index contributed by atoms with van der Waals surface area (Å²) in [6.45, 7) is 4.22. The van der Waals surface area contributed by atoms with E-state index in [2.05, 4.69) is 50.2 Å². The van der Waals surface area contributed by atoms with E-state index in [9.17, 15) is 10.2 Å². The van der Waals surface area contributed by atoms with Crippen molar-refractivity contribution in [1.82, 2.24) is 0 Å². The number of aromatic hydroxyl groups is 2. The third-order valence-electron chi connectivity index (χ3n) is 6.13. The van der Waals surface area contributed by atoms with E-state index in [0.29, 0.717) is 6.42 Å². The molecule has 0 aliphatic heterocycles. The summed E-state index contributed by atoms with van der Waals surface area (Å²) in [7, 11) is 0. The normalized spacial score (nSPS) is 10.9. The number of phenolic OH excluding ortho intramolecular Hbond substituents is 2. The first kappa shape index (κ1) is 20.7. The summed E-state index contributed by atoms with van der Waals surface area (Å²) in [5.74, 6) is 0.548. The minimum Gasteiger partial charge on any atom is -0.508 e. The van der Waals surface area contributed by atoms with E-state index in [0.717, 1.165) is 35.1 Å². The van der Waals surface area contributed by atoms with Crippen LogP contribution in [0.25, 0.3) is 0 Å². The molecule has 0 atom stereocenters. The molecule has 31 heavy (non-hydrogen) atoms. The summed E-state index contributed by atoms with van der Waals surface area (Å²) in [5, 5.41) is 21.5. The average molecular weight is 409 g/mol. The minimum atomic E-state index is 0.274. The van der Waals surface area contributed by atoms with Crippen molar-refractivity contribution in [2.45, 2.75) is 33.1 Å². The van der Waals surface area contributed by atoms with Crippen LogP contribution in [0, 0.1) is 13.8 Å². The van der Waals surface area contributed by atoms with E-state index in [4.69, 9.17) is 0 Å². The summed E-state index contributed by atoms with van der Waals surface area (Å²) >= 11 is 0. The lowest BCUT2D eigenvalue weighted by Crippen LogP contribution is -2.03. The molecule has 0 fully saturated rings. The van der Waals surface area contributed by atoms with Gasteiger partial charge < -0.3 is 10.2 Å². The van der Waals surface area contributed by atoms with Gasteiger partial charge in [0.1, 0.15) is 11.5 Å². The molecule has 4 aromatic rings. The Kier molecular flexibility index (Phi) is 6.08. The maximum atomic E-state index is 10.7. The summed E-state index contributed by atoms with van der Waals surface area (Å²) in [5.41, 5.74) is 8.87. The maximum absolute atomic E-state index is 10.7. The second kappa shape index (κ2) is 9.09. The fourth-order valence-corrected chi connectivity index (χ4v) is 4.19. The molecule has 0 heterocycles. The molecule has 0 spiro atoms. The van der Waals surface area contributed by atoms with E-state index in [1.807, 2.05) is 36.4 Å². The summed E-state index contributed by atoms with van der Waals surface area (Å²) in [4.78, 5) is 0. The molecule has 2 nitrogen and oxygen atoms in total. The van der Waals surface area contributed by atoms with Crippen LogP contribution in [-0.4, -0.2) is 10.2 Å². The predicted octanol–water partition coefficient (Wildman–Crippen LogP) is 6.49. The van der Waals surface area contributed by atoms with Crippen molar-refractivity contribution in [1.29, 1.82) is 0 Å². The van der Waals surface area contributed by atoms with E-state index in [1.165, 1.54) is 22.3 Å². The second-order valence-corrected chi connectivity index (χ2v) is 8.21. The van der Waals surface area contributed by atoms with Gasteiger partial charge in [-0.3, -0.25) is 0 Å². The van der Waals surface area contributed by atoms with Crippen LogP contribution in [-0.2, 0) is 19.3 Å². The molecule has 0 amide bonds. The van der Waals surface area contributed by atoms with Crippen molar-refractivity contribution >= 4 is 0 Å². The van der Waals surface area contributed by atoms with Crippen molar-refractivity contribution in [2.75, 3.05) is 0 Å². The second-order valence-electron chi connectivity index (χ2n) is 8.21. The zero-order chi connectivity index (χ0) is 21.8. The van der Waals surface area contributed by atoms with E-state index >= 15 is 0 Å². The molecule has 2 heteroatoms. The Morgan fingerprint density at radius 1 is 0.452 bits per heavy atom. The highest BCUT2D eigenvalue weighted by molar-refractivity contribution is 5.51. The Balaban J connectivity index is 1.72. The summed E-state index contributed by atoms with van der Waals surface area (Å²) in [6, 6.07) is 28.1. The van der Waals surface area contributed by atoms with Gasteiger partial charge in [0.05, 0.1) is 0 Å². The lowest BCUT2D eigenvalue weighted by atomic mass is 9.89. The van der Waals surface area contributed by atoms with E-state index in [-0.39, 0.29) is 11.5 Å². The van der Waals surface area contributed by atoms with Gasteiger partial charge in [-0.15, -0.1) is 0 Å².